The number of quaternary nitrogens is 1. The summed E-state index contributed by atoms with van der Waals surface area (Å²) in [6.45, 7) is 10.5. The highest BCUT2D eigenvalue weighted by Gasteiger charge is 2.28. The molecule has 11 heteroatoms. The predicted octanol–water partition coefficient (Wildman–Crippen LogP) is 2.71. The molecule has 0 saturated carbocycles. The van der Waals surface area contributed by atoms with E-state index in [2.05, 4.69) is 32.0 Å². The molecule has 0 aromatic heterocycles. The molecule has 0 saturated heterocycles. The standard InChI is InChI=1S/C7H18N.C6HF5O4S/c1-5-8(4,6-2)7-3;7-1-2(8)4(10)6(5(11)3(1)9)15-16(12,13)14/h5-7H2,1-4H3;(H,12,13,14)/q+1;/p-1. The Balaban J connectivity index is 0.000000561. The van der Waals surface area contributed by atoms with Crippen LogP contribution in [-0.2, 0) is 10.4 Å². The topological polar surface area (TPSA) is 66.4 Å². The molecule has 1 aromatic carbocycles. The minimum Gasteiger partial charge on any atom is -0.716 e. The first kappa shape index (κ1) is 22.5. The highest BCUT2D eigenvalue weighted by atomic mass is 32.3. The average Bonchev–Trinajstić information content (AvgIpc) is 2.54. The van der Waals surface area contributed by atoms with Crippen molar-refractivity contribution in [3.8, 4) is 5.75 Å². The molecule has 0 aliphatic rings. The number of hydrogen-bond donors (Lipinski definition) is 0. The van der Waals surface area contributed by atoms with Crippen LogP contribution in [0.5, 0.6) is 5.75 Å². The van der Waals surface area contributed by atoms with Gasteiger partial charge in [0, 0.05) is 0 Å². The van der Waals surface area contributed by atoms with Crippen molar-refractivity contribution < 1.29 is 43.6 Å². The van der Waals surface area contributed by atoms with Gasteiger partial charge < -0.3 is 13.2 Å². The maximum atomic E-state index is 12.7. The Morgan fingerprint density at radius 2 is 1.12 bits per heavy atom. The van der Waals surface area contributed by atoms with E-state index in [1.54, 1.807) is 0 Å². The Kier molecular flexibility index (Phi) is 8.06. The van der Waals surface area contributed by atoms with Crippen LogP contribution < -0.4 is 4.18 Å². The summed E-state index contributed by atoms with van der Waals surface area (Å²) < 4.78 is 96.9. The van der Waals surface area contributed by atoms with E-state index in [4.69, 9.17) is 0 Å². The van der Waals surface area contributed by atoms with Crippen molar-refractivity contribution in [2.75, 3.05) is 26.7 Å². The molecule has 1 aromatic rings. The first-order valence-electron chi connectivity index (χ1n) is 6.83. The molecule has 0 amide bonds. The second-order valence-electron chi connectivity index (χ2n) is 4.96. The summed E-state index contributed by atoms with van der Waals surface area (Å²) in [5.41, 5.74) is 0. The maximum Gasteiger partial charge on any atom is 0.262 e. The third kappa shape index (κ3) is 5.87. The van der Waals surface area contributed by atoms with E-state index in [0.29, 0.717) is 0 Å². The molecular formula is C13H18F5NO4S. The van der Waals surface area contributed by atoms with Gasteiger partial charge in [-0.15, -0.1) is 0 Å². The number of rotatable bonds is 5. The van der Waals surface area contributed by atoms with E-state index in [-0.39, 0.29) is 0 Å². The van der Waals surface area contributed by atoms with Crippen LogP contribution in [0.1, 0.15) is 20.8 Å². The van der Waals surface area contributed by atoms with Gasteiger partial charge in [0.15, 0.2) is 0 Å². The molecular weight excluding hydrogens is 361 g/mol. The molecule has 0 bridgehead atoms. The van der Waals surface area contributed by atoms with Gasteiger partial charge in [-0.3, -0.25) is 0 Å². The second kappa shape index (κ2) is 8.58. The Bertz CT molecular complexity index is 640. The lowest BCUT2D eigenvalue weighted by atomic mass is 10.3. The molecule has 0 unspecified atom stereocenters. The van der Waals surface area contributed by atoms with Gasteiger partial charge in [0.05, 0.1) is 26.7 Å². The van der Waals surface area contributed by atoms with Gasteiger partial charge in [-0.05, 0) is 20.8 Å². The summed E-state index contributed by atoms with van der Waals surface area (Å²) >= 11 is 0. The van der Waals surface area contributed by atoms with Gasteiger partial charge in [0.1, 0.15) is 0 Å². The SMILES string of the molecule is CC[N+](C)(CC)CC.O=S(=O)([O-])Oc1c(F)c(F)c(F)c(F)c1F. The highest BCUT2D eigenvalue weighted by molar-refractivity contribution is 7.81. The highest BCUT2D eigenvalue weighted by Crippen LogP contribution is 2.29. The minimum atomic E-state index is -5.65. The lowest BCUT2D eigenvalue weighted by Gasteiger charge is -2.30. The van der Waals surface area contributed by atoms with Gasteiger partial charge in [0.25, 0.3) is 10.4 Å². The first-order valence-corrected chi connectivity index (χ1v) is 8.17. The van der Waals surface area contributed by atoms with Crippen LogP contribution in [0.2, 0.25) is 0 Å². The minimum absolute atomic E-state index is 1.21. The molecule has 0 atom stereocenters. The summed E-state index contributed by atoms with van der Waals surface area (Å²) in [5.74, 6) is -14.6. The zero-order valence-electron chi connectivity index (χ0n) is 13.5. The van der Waals surface area contributed by atoms with Crippen LogP contribution in [0.25, 0.3) is 0 Å². The smallest absolute Gasteiger partial charge is 0.262 e. The number of hydrogen-bond acceptors (Lipinski definition) is 4. The molecule has 0 aliphatic heterocycles. The van der Waals surface area contributed by atoms with Crippen molar-refractivity contribution in [1.29, 1.82) is 0 Å². The molecule has 24 heavy (non-hydrogen) atoms. The molecule has 0 N–H and O–H groups in total. The Labute approximate surface area is 137 Å². The van der Waals surface area contributed by atoms with E-state index in [9.17, 15) is 34.9 Å². The van der Waals surface area contributed by atoms with E-state index >= 15 is 0 Å². The van der Waals surface area contributed by atoms with E-state index < -0.39 is 45.2 Å². The summed E-state index contributed by atoms with van der Waals surface area (Å²) in [6.07, 6.45) is 0. The third-order valence-electron chi connectivity index (χ3n) is 3.65. The van der Waals surface area contributed by atoms with Crippen molar-refractivity contribution in [2.24, 2.45) is 0 Å². The Hall–Kier alpha value is -1.46. The molecule has 0 radical (unpaired) electrons. The summed E-state index contributed by atoms with van der Waals surface area (Å²) in [6, 6.07) is 0. The fourth-order valence-corrected chi connectivity index (χ4v) is 1.78. The molecule has 1 rings (SSSR count). The maximum absolute atomic E-state index is 12.7. The van der Waals surface area contributed by atoms with Crippen LogP contribution in [0.3, 0.4) is 0 Å². The molecule has 5 nitrogen and oxygen atoms in total. The van der Waals surface area contributed by atoms with Crippen LogP contribution in [0.4, 0.5) is 22.0 Å². The van der Waals surface area contributed by atoms with Gasteiger partial charge in [-0.25, -0.2) is 21.6 Å². The van der Waals surface area contributed by atoms with Crippen LogP contribution >= 0.6 is 0 Å². The van der Waals surface area contributed by atoms with Crippen molar-refractivity contribution in [2.45, 2.75) is 20.8 Å². The summed E-state index contributed by atoms with van der Waals surface area (Å²) in [4.78, 5) is 0. The van der Waals surface area contributed by atoms with Gasteiger partial charge in [0.2, 0.25) is 34.8 Å². The fraction of sp³-hybridized carbons (Fsp3) is 0.538. The molecule has 0 spiro atoms. The van der Waals surface area contributed by atoms with E-state index in [0.717, 1.165) is 0 Å². The summed E-state index contributed by atoms with van der Waals surface area (Å²) in [5, 5.41) is 0. The van der Waals surface area contributed by atoms with Crippen LogP contribution in [-0.4, -0.2) is 44.1 Å². The Morgan fingerprint density at radius 3 is 1.33 bits per heavy atom. The number of nitrogens with zero attached hydrogens (tertiary/aromatic N) is 1. The second-order valence-corrected chi connectivity index (χ2v) is 5.94. The van der Waals surface area contributed by atoms with Crippen molar-refractivity contribution in [3.05, 3.63) is 29.1 Å². The van der Waals surface area contributed by atoms with Crippen molar-refractivity contribution in [1.82, 2.24) is 0 Å². The predicted molar refractivity (Wildman–Crippen MR) is 74.4 cm³/mol. The van der Waals surface area contributed by atoms with Crippen LogP contribution in [0.15, 0.2) is 0 Å². The van der Waals surface area contributed by atoms with Crippen molar-refractivity contribution >= 4 is 10.4 Å². The van der Waals surface area contributed by atoms with Gasteiger partial charge in [-0.2, -0.15) is 8.78 Å². The van der Waals surface area contributed by atoms with Gasteiger partial charge >= 0.3 is 0 Å². The average molecular weight is 379 g/mol. The fourth-order valence-electron chi connectivity index (χ4n) is 1.43. The first-order chi connectivity index (χ1) is 10.8. The zero-order chi connectivity index (χ0) is 19.3. The van der Waals surface area contributed by atoms with E-state index in [1.807, 2.05) is 0 Å². The normalized spacial score (nSPS) is 11.8. The number of halogens is 5. The molecule has 0 fully saturated rings. The lowest BCUT2D eigenvalue weighted by molar-refractivity contribution is -0.904. The zero-order valence-corrected chi connectivity index (χ0v) is 14.3. The molecule has 0 heterocycles. The summed E-state index contributed by atoms with van der Waals surface area (Å²) in [7, 11) is -3.36. The van der Waals surface area contributed by atoms with Crippen LogP contribution in [0, 0.1) is 29.1 Å². The molecule has 0 aliphatic carbocycles. The van der Waals surface area contributed by atoms with E-state index in [1.165, 1.54) is 24.1 Å². The third-order valence-corrected chi connectivity index (χ3v) is 4.02. The van der Waals surface area contributed by atoms with Gasteiger partial charge in [-0.1, -0.05) is 0 Å². The monoisotopic (exact) mass is 379 g/mol. The van der Waals surface area contributed by atoms with Crippen molar-refractivity contribution in [3.63, 3.8) is 0 Å². The largest absolute Gasteiger partial charge is 0.716 e. The molecule has 140 valence electrons. The quantitative estimate of drug-likeness (QED) is 0.197. The lowest BCUT2D eigenvalue weighted by Crippen LogP contribution is -2.42. The Morgan fingerprint density at radius 1 is 0.833 bits per heavy atom. The number of benzene rings is 1.